The van der Waals surface area contributed by atoms with Crippen molar-refractivity contribution >= 4 is 27.3 Å². The summed E-state index contributed by atoms with van der Waals surface area (Å²) in [5, 5.41) is 13.8. The molecule has 1 saturated heterocycles. The van der Waals surface area contributed by atoms with Crippen molar-refractivity contribution in [2.75, 3.05) is 31.5 Å². The third-order valence-corrected chi connectivity index (χ3v) is 6.77. The van der Waals surface area contributed by atoms with Crippen LogP contribution < -0.4 is 14.8 Å². The number of anilines is 1. The molecule has 1 aliphatic rings. The van der Waals surface area contributed by atoms with Gasteiger partial charge < -0.3 is 10.1 Å². The SMILES string of the molecule is COc1ccc([N+](=O)[O-])cc1NS(=O)(=O)c1ccc(C(=O)NC2CCN(CC(F)F)CC2)cc1. The number of carbonyl (C=O) groups excluding carboxylic acids is 1. The molecule has 0 atom stereocenters. The molecule has 10 nitrogen and oxygen atoms in total. The van der Waals surface area contributed by atoms with Crippen molar-refractivity contribution in [3.8, 4) is 5.75 Å². The van der Waals surface area contributed by atoms with Crippen LogP contribution in [0.25, 0.3) is 0 Å². The van der Waals surface area contributed by atoms with E-state index in [2.05, 4.69) is 10.0 Å². The van der Waals surface area contributed by atoms with Crippen molar-refractivity contribution in [3.63, 3.8) is 0 Å². The summed E-state index contributed by atoms with van der Waals surface area (Å²) in [4.78, 5) is 24.4. The maximum absolute atomic E-state index is 12.8. The predicted molar refractivity (Wildman–Crippen MR) is 120 cm³/mol. The first-order valence-electron chi connectivity index (χ1n) is 10.4. The average molecular weight is 499 g/mol. The number of methoxy groups -OCH3 is 1. The molecule has 2 N–H and O–H groups in total. The van der Waals surface area contributed by atoms with E-state index in [0.29, 0.717) is 25.9 Å². The van der Waals surface area contributed by atoms with E-state index in [-0.39, 0.29) is 40.2 Å². The molecule has 2 aromatic carbocycles. The lowest BCUT2D eigenvalue weighted by Gasteiger charge is -2.32. The number of hydrogen-bond acceptors (Lipinski definition) is 7. The zero-order chi connectivity index (χ0) is 24.9. The third-order valence-electron chi connectivity index (χ3n) is 5.38. The number of piperidine rings is 1. The Balaban J connectivity index is 1.65. The lowest BCUT2D eigenvalue weighted by atomic mass is 10.0. The second kappa shape index (κ2) is 10.7. The van der Waals surface area contributed by atoms with Crippen molar-refractivity contribution in [1.82, 2.24) is 10.2 Å². The highest BCUT2D eigenvalue weighted by Gasteiger charge is 2.24. The van der Waals surface area contributed by atoms with Crippen molar-refractivity contribution in [2.45, 2.75) is 30.2 Å². The summed E-state index contributed by atoms with van der Waals surface area (Å²) in [6.07, 6.45) is -1.31. The lowest BCUT2D eigenvalue weighted by Crippen LogP contribution is -2.45. The highest BCUT2D eigenvalue weighted by atomic mass is 32.2. The van der Waals surface area contributed by atoms with Gasteiger partial charge in [-0.3, -0.25) is 24.5 Å². The van der Waals surface area contributed by atoms with E-state index in [1.807, 2.05) is 0 Å². The number of nitro benzene ring substituents is 1. The quantitative estimate of drug-likeness (QED) is 0.402. The van der Waals surface area contributed by atoms with E-state index in [1.165, 1.54) is 43.5 Å². The van der Waals surface area contributed by atoms with E-state index >= 15 is 0 Å². The highest BCUT2D eigenvalue weighted by Crippen LogP contribution is 2.31. The zero-order valence-corrected chi connectivity index (χ0v) is 19.1. The normalized spacial score (nSPS) is 15.2. The second-order valence-corrected chi connectivity index (χ2v) is 9.39. The Kier molecular flexibility index (Phi) is 7.99. The molecule has 34 heavy (non-hydrogen) atoms. The summed E-state index contributed by atoms with van der Waals surface area (Å²) in [7, 11) is -2.82. The van der Waals surface area contributed by atoms with Crippen molar-refractivity contribution < 1.29 is 31.7 Å². The number of sulfonamides is 1. The minimum absolute atomic E-state index is 0.100. The van der Waals surface area contributed by atoms with Gasteiger partial charge in [0.2, 0.25) is 0 Å². The molecule has 1 fully saturated rings. The van der Waals surface area contributed by atoms with Crippen LogP contribution in [0.1, 0.15) is 23.2 Å². The molecule has 1 amide bonds. The molecule has 0 bridgehead atoms. The summed E-state index contributed by atoms with van der Waals surface area (Å²) in [6.45, 7) is 0.630. The molecule has 0 saturated carbocycles. The van der Waals surface area contributed by atoms with Crippen LogP contribution in [0.15, 0.2) is 47.4 Å². The Morgan fingerprint density at radius 2 is 1.85 bits per heavy atom. The number of carbonyl (C=O) groups is 1. The largest absolute Gasteiger partial charge is 0.495 e. The number of likely N-dealkylation sites (tertiary alicyclic amines) is 1. The van der Waals surface area contributed by atoms with Gasteiger partial charge in [-0.1, -0.05) is 0 Å². The molecule has 1 aliphatic heterocycles. The fraction of sp³-hybridized carbons (Fsp3) is 0.381. The molecule has 0 aromatic heterocycles. The van der Waals surface area contributed by atoms with Gasteiger partial charge in [-0.15, -0.1) is 0 Å². The maximum Gasteiger partial charge on any atom is 0.271 e. The standard InChI is InChI=1S/C21H24F2N4O6S/c1-33-19-7-4-16(27(29)30)12-18(19)25-34(31,32)17-5-2-14(3-6-17)21(28)24-15-8-10-26(11-9-15)13-20(22)23/h2-7,12,15,20,25H,8-11,13H2,1H3,(H,24,28). The third kappa shape index (κ3) is 6.38. The maximum atomic E-state index is 12.8. The molecule has 0 radical (unpaired) electrons. The first-order valence-corrected chi connectivity index (χ1v) is 11.8. The first-order chi connectivity index (χ1) is 16.1. The van der Waals surface area contributed by atoms with Gasteiger partial charge in [0.1, 0.15) is 5.75 Å². The number of benzene rings is 2. The molecule has 13 heteroatoms. The summed E-state index contributed by atoms with van der Waals surface area (Å²) >= 11 is 0. The Bertz CT molecular complexity index is 1140. The number of nitrogens with one attached hydrogen (secondary N) is 2. The number of ether oxygens (including phenoxy) is 1. The van der Waals surface area contributed by atoms with E-state index in [4.69, 9.17) is 4.74 Å². The summed E-state index contributed by atoms with van der Waals surface area (Å²) in [5.41, 5.74) is -0.177. The van der Waals surface area contributed by atoms with Gasteiger partial charge in [0.15, 0.2) is 0 Å². The molecule has 2 aromatic rings. The zero-order valence-electron chi connectivity index (χ0n) is 18.2. The molecular formula is C21H24F2N4O6S. The summed E-state index contributed by atoms with van der Waals surface area (Å²) in [6, 6.07) is 8.53. The van der Waals surface area contributed by atoms with Crippen LogP contribution in [0, 0.1) is 10.1 Å². The Morgan fingerprint density at radius 3 is 2.41 bits per heavy atom. The van der Waals surface area contributed by atoms with Crippen LogP contribution in [0.4, 0.5) is 20.2 Å². The van der Waals surface area contributed by atoms with Gasteiger partial charge in [-0.05, 0) is 43.2 Å². The number of nitrogens with zero attached hydrogens (tertiary/aromatic N) is 2. The molecule has 3 rings (SSSR count). The fourth-order valence-corrected chi connectivity index (χ4v) is 4.66. The highest BCUT2D eigenvalue weighted by molar-refractivity contribution is 7.92. The van der Waals surface area contributed by atoms with E-state index in [1.54, 1.807) is 4.90 Å². The summed E-state index contributed by atoms with van der Waals surface area (Å²) in [5.74, 6) is -0.297. The molecule has 184 valence electrons. The van der Waals surface area contributed by atoms with Crippen LogP contribution in [0.3, 0.4) is 0 Å². The number of nitro groups is 1. The van der Waals surface area contributed by atoms with Crippen LogP contribution in [0.5, 0.6) is 5.75 Å². The molecule has 0 spiro atoms. The van der Waals surface area contributed by atoms with Crippen molar-refractivity contribution in [2.24, 2.45) is 0 Å². The van der Waals surface area contributed by atoms with Crippen LogP contribution >= 0.6 is 0 Å². The minimum Gasteiger partial charge on any atom is -0.495 e. The average Bonchev–Trinajstić information content (AvgIpc) is 2.79. The monoisotopic (exact) mass is 498 g/mol. The number of alkyl halides is 2. The van der Waals surface area contributed by atoms with Gasteiger partial charge in [0.25, 0.3) is 28.0 Å². The van der Waals surface area contributed by atoms with E-state index in [9.17, 15) is 32.1 Å². The number of halogens is 2. The first kappa shape index (κ1) is 25.3. The van der Waals surface area contributed by atoms with Crippen LogP contribution in [0.2, 0.25) is 0 Å². The van der Waals surface area contributed by atoms with Crippen molar-refractivity contribution in [1.29, 1.82) is 0 Å². The number of rotatable bonds is 9. The number of non-ortho nitro benzene ring substituents is 1. The van der Waals surface area contributed by atoms with Gasteiger partial charge in [-0.25, -0.2) is 17.2 Å². The van der Waals surface area contributed by atoms with Crippen LogP contribution in [-0.4, -0.2) is 63.4 Å². The predicted octanol–water partition coefficient (Wildman–Crippen LogP) is 2.86. The molecule has 1 heterocycles. The Hall–Kier alpha value is -3.32. The van der Waals surface area contributed by atoms with Gasteiger partial charge in [0, 0.05) is 36.8 Å². The Labute approximate surface area is 195 Å². The van der Waals surface area contributed by atoms with Gasteiger partial charge in [-0.2, -0.15) is 0 Å². The second-order valence-electron chi connectivity index (χ2n) is 7.71. The molecule has 0 unspecified atom stereocenters. The van der Waals surface area contributed by atoms with Gasteiger partial charge >= 0.3 is 0 Å². The number of hydrogen-bond donors (Lipinski definition) is 2. The summed E-state index contributed by atoms with van der Waals surface area (Å²) < 4.78 is 57.8. The van der Waals surface area contributed by atoms with Crippen LogP contribution in [-0.2, 0) is 10.0 Å². The minimum atomic E-state index is -4.13. The van der Waals surface area contributed by atoms with Crippen molar-refractivity contribution in [3.05, 3.63) is 58.1 Å². The molecule has 0 aliphatic carbocycles. The fourth-order valence-electron chi connectivity index (χ4n) is 3.60. The van der Waals surface area contributed by atoms with Gasteiger partial charge in [0.05, 0.1) is 29.2 Å². The smallest absolute Gasteiger partial charge is 0.271 e. The molecular weight excluding hydrogens is 474 g/mol. The number of amides is 1. The topological polar surface area (TPSA) is 131 Å². The van der Waals surface area contributed by atoms with E-state index < -0.39 is 27.3 Å². The lowest BCUT2D eigenvalue weighted by molar-refractivity contribution is -0.384. The van der Waals surface area contributed by atoms with E-state index in [0.717, 1.165) is 6.07 Å². The Morgan fingerprint density at radius 1 is 1.21 bits per heavy atom.